The number of likely N-dealkylation sites (tertiary alicyclic amines) is 2. The summed E-state index contributed by atoms with van der Waals surface area (Å²) in [5, 5.41) is 6.30. The van der Waals surface area contributed by atoms with E-state index in [1.54, 1.807) is 0 Å². The molecule has 2 amide bonds. The fourth-order valence-electron chi connectivity index (χ4n) is 4.99. The van der Waals surface area contributed by atoms with E-state index in [2.05, 4.69) is 20.5 Å². The fourth-order valence-corrected chi connectivity index (χ4v) is 4.99. The lowest BCUT2D eigenvalue weighted by Crippen LogP contribution is -2.56. The minimum atomic E-state index is -0.680. The van der Waals surface area contributed by atoms with E-state index >= 15 is 0 Å². The van der Waals surface area contributed by atoms with Crippen LogP contribution in [-0.2, 0) is 9.59 Å². The molecule has 8 nitrogen and oxygen atoms in total. The number of hydrogen-bond acceptors (Lipinski definition) is 6. The van der Waals surface area contributed by atoms with Gasteiger partial charge in [-0.3, -0.25) is 19.8 Å². The standard InChI is InChI=1S/C19H32N6O2/c1-23(2)18-21-17(27)19(22-18)7-12-24(13-8-19)16(26)15-4-3-11-25(15)14-5-9-20-10-6-14/h14-15,20H,3-13H2,1-2H3,(H,21,22,27)/t15-/m0/s1. The molecule has 4 aliphatic heterocycles. The Morgan fingerprint density at radius 3 is 2.48 bits per heavy atom. The number of piperidine rings is 2. The lowest BCUT2D eigenvalue weighted by molar-refractivity contribution is -0.140. The molecule has 0 aromatic heterocycles. The van der Waals surface area contributed by atoms with Crippen LogP contribution in [0.3, 0.4) is 0 Å². The first-order valence-electron chi connectivity index (χ1n) is 10.3. The number of aliphatic imine (C=N–C) groups is 1. The number of nitrogens with one attached hydrogen (secondary N) is 2. The van der Waals surface area contributed by atoms with Crippen LogP contribution >= 0.6 is 0 Å². The predicted molar refractivity (Wildman–Crippen MR) is 103 cm³/mol. The van der Waals surface area contributed by atoms with Gasteiger partial charge in [-0.05, 0) is 58.2 Å². The van der Waals surface area contributed by atoms with Crippen molar-refractivity contribution >= 4 is 17.8 Å². The monoisotopic (exact) mass is 376 g/mol. The Kier molecular flexibility index (Phi) is 5.11. The molecule has 0 bridgehead atoms. The second-order valence-electron chi connectivity index (χ2n) is 8.52. The van der Waals surface area contributed by atoms with E-state index in [-0.39, 0.29) is 17.9 Å². The zero-order valence-electron chi connectivity index (χ0n) is 16.5. The zero-order chi connectivity index (χ0) is 19.0. The molecule has 3 saturated heterocycles. The maximum absolute atomic E-state index is 13.2. The summed E-state index contributed by atoms with van der Waals surface area (Å²) >= 11 is 0. The van der Waals surface area contributed by atoms with Crippen molar-refractivity contribution in [1.82, 2.24) is 25.3 Å². The Morgan fingerprint density at radius 1 is 1.15 bits per heavy atom. The molecule has 0 saturated carbocycles. The van der Waals surface area contributed by atoms with Gasteiger partial charge >= 0.3 is 0 Å². The first-order valence-corrected chi connectivity index (χ1v) is 10.3. The largest absolute Gasteiger partial charge is 0.349 e. The maximum Gasteiger partial charge on any atom is 0.254 e. The molecular weight excluding hydrogens is 344 g/mol. The number of rotatable bonds is 2. The molecule has 1 spiro atoms. The second-order valence-corrected chi connectivity index (χ2v) is 8.52. The minimum absolute atomic E-state index is 0.0181. The van der Waals surface area contributed by atoms with Crippen LogP contribution in [0.25, 0.3) is 0 Å². The van der Waals surface area contributed by atoms with Crippen LogP contribution in [0.5, 0.6) is 0 Å². The number of nitrogens with zero attached hydrogens (tertiary/aromatic N) is 4. The van der Waals surface area contributed by atoms with Crippen LogP contribution in [0.1, 0.15) is 38.5 Å². The zero-order valence-corrected chi connectivity index (χ0v) is 16.5. The van der Waals surface area contributed by atoms with Crippen molar-refractivity contribution in [2.75, 3.05) is 46.8 Å². The minimum Gasteiger partial charge on any atom is -0.349 e. The van der Waals surface area contributed by atoms with Gasteiger partial charge in [0.1, 0.15) is 5.54 Å². The molecule has 8 heteroatoms. The van der Waals surface area contributed by atoms with Crippen molar-refractivity contribution in [2.45, 2.75) is 56.1 Å². The summed E-state index contributed by atoms with van der Waals surface area (Å²) in [5.41, 5.74) is -0.680. The molecule has 27 heavy (non-hydrogen) atoms. The van der Waals surface area contributed by atoms with E-state index in [1.807, 2.05) is 23.9 Å². The van der Waals surface area contributed by atoms with Crippen molar-refractivity contribution in [2.24, 2.45) is 4.99 Å². The van der Waals surface area contributed by atoms with Gasteiger partial charge in [0, 0.05) is 33.2 Å². The number of guanidine groups is 1. The third kappa shape index (κ3) is 3.45. The molecular formula is C19H32N6O2. The van der Waals surface area contributed by atoms with Crippen LogP contribution in [0.4, 0.5) is 0 Å². The summed E-state index contributed by atoms with van der Waals surface area (Å²) in [6.07, 6.45) is 5.57. The molecule has 1 atom stereocenters. The second kappa shape index (κ2) is 7.39. The molecule has 3 fully saturated rings. The van der Waals surface area contributed by atoms with E-state index in [0.29, 0.717) is 37.9 Å². The van der Waals surface area contributed by atoms with Gasteiger partial charge in [-0.25, -0.2) is 4.99 Å². The predicted octanol–water partition coefficient (Wildman–Crippen LogP) is -0.389. The number of hydrogen-bond donors (Lipinski definition) is 2. The molecule has 0 radical (unpaired) electrons. The fraction of sp³-hybridized carbons (Fsp3) is 0.842. The average Bonchev–Trinajstić information content (AvgIpc) is 3.29. The number of amides is 2. The van der Waals surface area contributed by atoms with Crippen LogP contribution in [-0.4, -0.2) is 96.9 Å². The van der Waals surface area contributed by atoms with Crippen molar-refractivity contribution in [3.8, 4) is 0 Å². The van der Waals surface area contributed by atoms with Gasteiger partial charge in [-0.1, -0.05) is 0 Å². The summed E-state index contributed by atoms with van der Waals surface area (Å²) < 4.78 is 0. The molecule has 0 unspecified atom stereocenters. The van der Waals surface area contributed by atoms with E-state index in [4.69, 9.17) is 0 Å². The molecule has 0 aromatic carbocycles. The molecule has 0 aromatic rings. The third-order valence-corrected chi connectivity index (χ3v) is 6.65. The van der Waals surface area contributed by atoms with Crippen LogP contribution in [0.2, 0.25) is 0 Å². The molecule has 4 heterocycles. The highest BCUT2D eigenvalue weighted by Gasteiger charge is 2.48. The summed E-state index contributed by atoms with van der Waals surface area (Å²) in [6.45, 7) is 4.38. The molecule has 2 N–H and O–H groups in total. The SMILES string of the molecule is CN(C)C1=NC2(CCN(C(=O)[C@@H]3CCCN3C3CCNCC3)CC2)C(=O)N1. The Morgan fingerprint density at radius 2 is 1.85 bits per heavy atom. The quantitative estimate of drug-likeness (QED) is 0.686. The van der Waals surface area contributed by atoms with Crippen molar-refractivity contribution in [3.05, 3.63) is 0 Å². The van der Waals surface area contributed by atoms with Crippen LogP contribution in [0.15, 0.2) is 4.99 Å². The number of carbonyl (C=O) groups is 2. The third-order valence-electron chi connectivity index (χ3n) is 6.65. The topological polar surface area (TPSA) is 80.3 Å². The highest BCUT2D eigenvalue weighted by molar-refractivity contribution is 6.07. The highest BCUT2D eigenvalue weighted by Crippen LogP contribution is 2.32. The summed E-state index contributed by atoms with van der Waals surface area (Å²) in [6, 6.07) is 0.562. The van der Waals surface area contributed by atoms with Gasteiger partial charge < -0.3 is 15.1 Å². The maximum atomic E-state index is 13.2. The van der Waals surface area contributed by atoms with Gasteiger partial charge in [-0.15, -0.1) is 0 Å². The lowest BCUT2D eigenvalue weighted by atomic mass is 9.87. The molecule has 150 valence electrons. The van der Waals surface area contributed by atoms with E-state index in [1.165, 1.54) is 0 Å². The highest BCUT2D eigenvalue weighted by atomic mass is 16.2. The van der Waals surface area contributed by atoms with Crippen molar-refractivity contribution < 1.29 is 9.59 Å². The van der Waals surface area contributed by atoms with Gasteiger partial charge in [0.15, 0.2) is 0 Å². The summed E-state index contributed by atoms with van der Waals surface area (Å²) in [7, 11) is 3.76. The Bertz CT molecular complexity index is 620. The Balaban J connectivity index is 1.39. The Hall–Kier alpha value is -1.67. The first-order chi connectivity index (χ1) is 13.0. The molecule has 0 aliphatic carbocycles. The van der Waals surface area contributed by atoms with Crippen molar-refractivity contribution in [1.29, 1.82) is 0 Å². The van der Waals surface area contributed by atoms with Crippen LogP contribution in [0, 0.1) is 0 Å². The van der Waals surface area contributed by atoms with Crippen molar-refractivity contribution in [3.63, 3.8) is 0 Å². The normalized spacial score (nSPS) is 29.1. The molecule has 4 rings (SSSR count). The first kappa shape index (κ1) is 18.7. The van der Waals surface area contributed by atoms with E-state index in [9.17, 15) is 9.59 Å². The van der Waals surface area contributed by atoms with Crippen LogP contribution < -0.4 is 10.6 Å². The summed E-state index contributed by atoms with van der Waals surface area (Å²) in [4.78, 5) is 36.7. The molecule has 4 aliphatic rings. The Labute approximate surface area is 161 Å². The van der Waals surface area contributed by atoms with Gasteiger partial charge in [-0.2, -0.15) is 0 Å². The van der Waals surface area contributed by atoms with E-state index < -0.39 is 5.54 Å². The van der Waals surface area contributed by atoms with Gasteiger partial charge in [0.2, 0.25) is 11.9 Å². The lowest BCUT2D eigenvalue weighted by Gasteiger charge is -2.40. The van der Waals surface area contributed by atoms with E-state index in [0.717, 1.165) is 45.3 Å². The number of carbonyl (C=O) groups excluding carboxylic acids is 2. The summed E-state index contributed by atoms with van der Waals surface area (Å²) in [5.74, 6) is 0.874. The van der Waals surface area contributed by atoms with Gasteiger partial charge in [0.05, 0.1) is 6.04 Å². The smallest absolute Gasteiger partial charge is 0.254 e. The average molecular weight is 377 g/mol. The van der Waals surface area contributed by atoms with Gasteiger partial charge in [0.25, 0.3) is 5.91 Å².